The van der Waals surface area contributed by atoms with E-state index < -0.39 is 17.8 Å². The van der Waals surface area contributed by atoms with Crippen LogP contribution >= 0.6 is 0 Å². The van der Waals surface area contributed by atoms with Gasteiger partial charge in [0, 0.05) is 24.2 Å². The van der Waals surface area contributed by atoms with Gasteiger partial charge in [-0.25, -0.2) is 9.78 Å². The van der Waals surface area contributed by atoms with Crippen molar-refractivity contribution in [2.24, 2.45) is 0 Å². The molecule has 0 saturated carbocycles. The number of H-pyrrole nitrogens is 1. The van der Waals surface area contributed by atoms with E-state index >= 15 is 0 Å². The molecule has 0 amide bonds. The van der Waals surface area contributed by atoms with Gasteiger partial charge in [0.2, 0.25) is 5.95 Å². The van der Waals surface area contributed by atoms with Crippen LogP contribution in [0.1, 0.15) is 29.1 Å². The Balaban J connectivity index is 1.80. The maximum atomic E-state index is 12.8. The number of hydrogen-bond acceptors (Lipinski definition) is 8. The topological polar surface area (TPSA) is 103 Å². The van der Waals surface area contributed by atoms with E-state index in [1.807, 2.05) is 23.1 Å². The SMILES string of the molecule is CCOC(=O)c1c(-c2cccc(C3OCCO3)c2)nc(N2CCOCC2)[nH]c1=O. The molecule has 0 radical (unpaired) electrons. The molecule has 9 heteroatoms. The van der Waals surface area contributed by atoms with E-state index in [9.17, 15) is 9.59 Å². The van der Waals surface area contributed by atoms with E-state index in [2.05, 4.69) is 9.97 Å². The third-order valence-corrected chi connectivity index (χ3v) is 4.75. The summed E-state index contributed by atoms with van der Waals surface area (Å²) in [7, 11) is 0. The van der Waals surface area contributed by atoms with E-state index in [0.717, 1.165) is 5.56 Å². The van der Waals surface area contributed by atoms with Gasteiger partial charge in [-0.2, -0.15) is 0 Å². The highest BCUT2D eigenvalue weighted by Gasteiger charge is 2.25. The number of aromatic nitrogens is 2. The van der Waals surface area contributed by atoms with Crippen LogP contribution in [0.15, 0.2) is 29.1 Å². The summed E-state index contributed by atoms with van der Waals surface area (Å²) >= 11 is 0. The van der Waals surface area contributed by atoms with Crippen LogP contribution in [0.4, 0.5) is 5.95 Å². The van der Waals surface area contributed by atoms with Gasteiger partial charge in [-0.15, -0.1) is 0 Å². The zero-order valence-corrected chi connectivity index (χ0v) is 16.2. The second-order valence-corrected chi connectivity index (χ2v) is 6.63. The molecule has 154 valence electrons. The van der Waals surface area contributed by atoms with Crippen LogP contribution in [0.5, 0.6) is 0 Å². The van der Waals surface area contributed by atoms with Crippen LogP contribution in [0, 0.1) is 0 Å². The Bertz CT molecular complexity index is 932. The van der Waals surface area contributed by atoms with Crippen LogP contribution in [-0.2, 0) is 18.9 Å². The minimum absolute atomic E-state index is 0.116. The highest BCUT2D eigenvalue weighted by molar-refractivity contribution is 5.96. The fourth-order valence-electron chi connectivity index (χ4n) is 3.37. The summed E-state index contributed by atoms with van der Waals surface area (Å²) in [6, 6.07) is 7.32. The number of rotatable bonds is 5. The van der Waals surface area contributed by atoms with Gasteiger partial charge in [0.1, 0.15) is 0 Å². The van der Waals surface area contributed by atoms with Crippen LogP contribution in [-0.4, -0.2) is 62.1 Å². The molecule has 29 heavy (non-hydrogen) atoms. The molecular formula is C20H23N3O6. The molecule has 1 aromatic heterocycles. The summed E-state index contributed by atoms with van der Waals surface area (Å²) < 4.78 is 21.6. The molecule has 0 unspecified atom stereocenters. The smallest absolute Gasteiger partial charge is 0.346 e. The van der Waals surface area contributed by atoms with Crippen molar-refractivity contribution >= 4 is 11.9 Å². The number of aromatic amines is 1. The number of morpholine rings is 1. The number of carbonyl (C=O) groups is 1. The summed E-state index contributed by atoms with van der Waals surface area (Å²) in [5.41, 5.74) is 1.03. The predicted octanol–water partition coefficient (Wildman–Crippen LogP) is 1.50. The maximum Gasteiger partial charge on any atom is 0.346 e. The fraction of sp³-hybridized carbons (Fsp3) is 0.450. The van der Waals surface area contributed by atoms with Crippen LogP contribution < -0.4 is 10.5 Å². The first-order chi connectivity index (χ1) is 14.2. The van der Waals surface area contributed by atoms with Gasteiger partial charge in [0.15, 0.2) is 11.9 Å². The molecule has 4 rings (SSSR count). The molecule has 2 fully saturated rings. The number of hydrogen-bond donors (Lipinski definition) is 1. The van der Waals surface area contributed by atoms with Crippen molar-refractivity contribution in [2.45, 2.75) is 13.2 Å². The third-order valence-electron chi connectivity index (χ3n) is 4.75. The summed E-state index contributed by atoms with van der Waals surface area (Å²) in [5.74, 6) is -0.302. The second kappa shape index (κ2) is 8.73. The highest BCUT2D eigenvalue weighted by Crippen LogP contribution is 2.29. The Hall–Kier alpha value is -2.75. The van der Waals surface area contributed by atoms with Gasteiger partial charge in [0.05, 0.1) is 38.7 Å². The average Bonchev–Trinajstić information content (AvgIpc) is 3.29. The Labute approximate surface area is 167 Å². The lowest BCUT2D eigenvalue weighted by Gasteiger charge is -2.27. The molecular weight excluding hydrogens is 378 g/mol. The fourth-order valence-corrected chi connectivity index (χ4v) is 3.37. The minimum atomic E-state index is -0.705. The van der Waals surface area contributed by atoms with Crippen molar-refractivity contribution in [3.05, 3.63) is 45.7 Å². The number of anilines is 1. The van der Waals surface area contributed by atoms with E-state index in [1.165, 1.54) is 0 Å². The van der Waals surface area contributed by atoms with Gasteiger partial charge >= 0.3 is 5.97 Å². The van der Waals surface area contributed by atoms with Gasteiger partial charge in [-0.1, -0.05) is 18.2 Å². The quantitative estimate of drug-likeness (QED) is 0.752. The largest absolute Gasteiger partial charge is 0.462 e. The van der Waals surface area contributed by atoms with Gasteiger partial charge < -0.3 is 23.8 Å². The van der Waals surface area contributed by atoms with Crippen molar-refractivity contribution < 1.29 is 23.7 Å². The standard InChI is InChI=1S/C20H23N3O6/c1-2-27-18(25)15-16(13-4-3-5-14(12-13)19-28-10-11-29-19)21-20(22-17(15)24)23-6-8-26-9-7-23/h3-5,12,19H,2,6-11H2,1H3,(H,21,22,24). The number of nitrogens with one attached hydrogen (secondary N) is 1. The molecule has 2 saturated heterocycles. The summed E-state index contributed by atoms with van der Waals surface area (Å²) in [6.07, 6.45) is -0.471. The first-order valence-corrected chi connectivity index (χ1v) is 9.65. The monoisotopic (exact) mass is 401 g/mol. The van der Waals surface area contributed by atoms with Crippen LogP contribution in [0.25, 0.3) is 11.3 Å². The van der Waals surface area contributed by atoms with Gasteiger partial charge in [0.25, 0.3) is 5.56 Å². The van der Waals surface area contributed by atoms with Crippen molar-refractivity contribution in [3.63, 3.8) is 0 Å². The van der Waals surface area contributed by atoms with E-state index in [1.54, 1.807) is 13.0 Å². The lowest BCUT2D eigenvalue weighted by atomic mass is 10.0. The molecule has 9 nitrogen and oxygen atoms in total. The van der Waals surface area contributed by atoms with E-state index in [4.69, 9.17) is 18.9 Å². The lowest BCUT2D eigenvalue weighted by molar-refractivity contribution is -0.0440. The first-order valence-electron chi connectivity index (χ1n) is 9.65. The highest BCUT2D eigenvalue weighted by atomic mass is 16.7. The first kappa shape index (κ1) is 19.6. The second-order valence-electron chi connectivity index (χ2n) is 6.63. The Morgan fingerprint density at radius 3 is 2.72 bits per heavy atom. The van der Waals surface area contributed by atoms with Crippen LogP contribution in [0.3, 0.4) is 0 Å². The van der Waals surface area contributed by atoms with Gasteiger partial charge in [-0.3, -0.25) is 9.78 Å². The van der Waals surface area contributed by atoms with Crippen molar-refractivity contribution in [1.29, 1.82) is 0 Å². The number of ether oxygens (including phenoxy) is 4. The van der Waals surface area contributed by atoms with Gasteiger partial charge in [-0.05, 0) is 13.0 Å². The molecule has 3 heterocycles. The minimum Gasteiger partial charge on any atom is -0.462 e. The molecule has 0 bridgehead atoms. The summed E-state index contributed by atoms with van der Waals surface area (Å²) in [4.78, 5) is 34.6. The van der Waals surface area contributed by atoms with Crippen LogP contribution in [0.2, 0.25) is 0 Å². The predicted molar refractivity (Wildman–Crippen MR) is 104 cm³/mol. The maximum absolute atomic E-state index is 12.8. The number of carbonyl (C=O) groups excluding carboxylic acids is 1. The Morgan fingerprint density at radius 1 is 1.24 bits per heavy atom. The molecule has 0 atom stereocenters. The molecule has 1 aromatic carbocycles. The van der Waals surface area contributed by atoms with Crippen molar-refractivity contribution in [3.8, 4) is 11.3 Å². The summed E-state index contributed by atoms with van der Waals surface area (Å²) in [5, 5.41) is 0. The average molecular weight is 401 g/mol. The normalized spacial score (nSPS) is 17.5. The number of benzene rings is 1. The third kappa shape index (κ3) is 4.16. The molecule has 0 spiro atoms. The zero-order chi connectivity index (χ0) is 20.2. The molecule has 2 aromatic rings. The Kier molecular flexibility index (Phi) is 5.89. The molecule has 2 aliphatic heterocycles. The van der Waals surface area contributed by atoms with E-state index in [-0.39, 0.29) is 17.9 Å². The van der Waals surface area contributed by atoms with Crippen molar-refractivity contribution in [2.75, 3.05) is 51.0 Å². The Morgan fingerprint density at radius 2 is 2.00 bits per heavy atom. The molecule has 0 aliphatic carbocycles. The summed E-state index contributed by atoms with van der Waals surface area (Å²) in [6.45, 7) is 5.19. The zero-order valence-electron chi connectivity index (χ0n) is 16.2. The van der Waals surface area contributed by atoms with Crippen molar-refractivity contribution in [1.82, 2.24) is 9.97 Å². The lowest BCUT2D eigenvalue weighted by Crippen LogP contribution is -2.39. The number of nitrogens with zero attached hydrogens (tertiary/aromatic N) is 2. The molecule has 2 aliphatic rings. The number of esters is 1. The molecule has 1 N–H and O–H groups in total. The van der Waals surface area contributed by atoms with E-state index in [0.29, 0.717) is 51.0 Å².